The normalized spacial score (nSPS) is 18.7. The Morgan fingerprint density at radius 3 is 1.91 bits per heavy atom. The van der Waals surface area contributed by atoms with E-state index in [-0.39, 0.29) is 23.4 Å². The number of amides is 1. The average Bonchev–Trinajstić information content (AvgIpc) is 2.81. The maximum atomic E-state index is 13.1. The summed E-state index contributed by atoms with van der Waals surface area (Å²) in [5, 5.41) is 0. The van der Waals surface area contributed by atoms with Crippen LogP contribution in [0.25, 0.3) is 0 Å². The molecule has 0 bridgehead atoms. The highest BCUT2D eigenvalue weighted by Crippen LogP contribution is 2.25. The Bertz CT molecular complexity index is 1030. The average molecular weight is 464 g/mol. The second-order valence-corrected chi connectivity index (χ2v) is 10.3. The van der Waals surface area contributed by atoms with Gasteiger partial charge in [-0.15, -0.1) is 0 Å². The monoisotopic (exact) mass is 463 g/mol. The Morgan fingerprint density at radius 1 is 0.812 bits per heavy atom. The van der Waals surface area contributed by atoms with Crippen LogP contribution in [0.4, 0.5) is 14.5 Å². The molecular weight excluding hydrogens is 436 g/mol. The second kappa shape index (κ2) is 9.54. The first-order chi connectivity index (χ1) is 15.3. The van der Waals surface area contributed by atoms with Crippen LogP contribution < -0.4 is 4.90 Å². The SMILES string of the molecule is O=C(C1CCN(S(=O)(=O)Cc2ccc(F)cc2)CC1)N1CCN(c2ccc(F)cc2)CC1. The van der Waals surface area contributed by atoms with Crippen molar-refractivity contribution in [2.75, 3.05) is 44.2 Å². The number of piperazine rings is 1. The summed E-state index contributed by atoms with van der Waals surface area (Å²) in [6, 6.07) is 11.8. The number of nitrogens with zero attached hydrogens (tertiary/aromatic N) is 3. The molecule has 0 radical (unpaired) electrons. The molecule has 9 heteroatoms. The molecule has 0 aromatic heterocycles. The van der Waals surface area contributed by atoms with Crippen molar-refractivity contribution >= 4 is 21.6 Å². The van der Waals surface area contributed by atoms with E-state index in [0.717, 1.165) is 5.69 Å². The molecule has 172 valence electrons. The largest absolute Gasteiger partial charge is 0.368 e. The minimum atomic E-state index is -3.51. The summed E-state index contributed by atoms with van der Waals surface area (Å²) in [5.74, 6) is -0.932. The highest BCUT2D eigenvalue weighted by Gasteiger charge is 2.34. The lowest BCUT2D eigenvalue weighted by molar-refractivity contribution is -0.137. The molecule has 0 unspecified atom stereocenters. The van der Waals surface area contributed by atoms with Gasteiger partial charge in [0.1, 0.15) is 11.6 Å². The smallest absolute Gasteiger partial charge is 0.225 e. The number of rotatable bonds is 5. The van der Waals surface area contributed by atoms with Crippen molar-refractivity contribution in [3.63, 3.8) is 0 Å². The van der Waals surface area contributed by atoms with E-state index in [1.165, 1.54) is 40.7 Å². The molecule has 6 nitrogen and oxygen atoms in total. The first-order valence-electron chi connectivity index (χ1n) is 10.8. The van der Waals surface area contributed by atoms with Crippen molar-refractivity contribution in [2.24, 2.45) is 5.92 Å². The van der Waals surface area contributed by atoms with Crippen molar-refractivity contribution in [1.82, 2.24) is 9.21 Å². The van der Waals surface area contributed by atoms with Crippen LogP contribution in [0.1, 0.15) is 18.4 Å². The summed E-state index contributed by atoms with van der Waals surface area (Å²) in [4.78, 5) is 17.0. The van der Waals surface area contributed by atoms with Crippen LogP contribution in [0, 0.1) is 17.6 Å². The third kappa shape index (κ3) is 5.27. The van der Waals surface area contributed by atoms with Crippen molar-refractivity contribution in [3.05, 3.63) is 65.7 Å². The van der Waals surface area contributed by atoms with Gasteiger partial charge in [-0.05, 0) is 54.8 Å². The molecule has 2 aromatic carbocycles. The van der Waals surface area contributed by atoms with E-state index in [2.05, 4.69) is 4.90 Å². The molecule has 0 aliphatic carbocycles. The number of carbonyl (C=O) groups is 1. The van der Waals surface area contributed by atoms with E-state index in [4.69, 9.17) is 0 Å². The van der Waals surface area contributed by atoms with Crippen LogP contribution in [-0.4, -0.2) is 62.8 Å². The van der Waals surface area contributed by atoms with Crippen molar-refractivity contribution < 1.29 is 22.0 Å². The van der Waals surface area contributed by atoms with Gasteiger partial charge in [-0.3, -0.25) is 4.79 Å². The minimum absolute atomic E-state index is 0.0827. The quantitative estimate of drug-likeness (QED) is 0.684. The van der Waals surface area contributed by atoms with Gasteiger partial charge in [0.25, 0.3) is 0 Å². The molecule has 0 spiro atoms. The van der Waals surface area contributed by atoms with Gasteiger partial charge in [0, 0.05) is 50.9 Å². The highest BCUT2D eigenvalue weighted by molar-refractivity contribution is 7.88. The van der Waals surface area contributed by atoms with Crippen molar-refractivity contribution in [2.45, 2.75) is 18.6 Å². The summed E-state index contributed by atoms with van der Waals surface area (Å²) >= 11 is 0. The third-order valence-corrected chi connectivity index (χ3v) is 8.09. The highest BCUT2D eigenvalue weighted by atomic mass is 32.2. The molecule has 2 aliphatic rings. The van der Waals surface area contributed by atoms with E-state index in [1.807, 2.05) is 4.90 Å². The fourth-order valence-electron chi connectivity index (χ4n) is 4.36. The maximum Gasteiger partial charge on any atom is 0.225 e. The maximum absolute atomic E-state index is 13.1. The van der Waals surface area contributed by atoms with Crippen molar-refractivity contribution in [3.8, 4) is 0 Å². The Morgan fingerprint density at radius 2 is 1.34 bits per heavy atom. The molecule has 0 saturated carbocycles. The lowest BCUT2D eigenvalue weighted by atomic mass is 9.96. The molecule has 1 amide bonds. The molecule has 2 saturated heterocycles. The molecule has 2 fully saturated rings. The number of benzene rings is 2. The van der Waals surface area contributed by atoms with E-state index in [0.29, 0.717) is 57.7 Å². The molecule has 32 heavy (non-hydrogen) atoms. The summed E-state index contributed by atoms with van der Waals surface area (Å²) < 4.78 is 53.1. The van der Waals surface area contributed by atoms with Gasteiger partial charge in [0.05, 0.1) is 5.75 Å². The van der Waals surface area contributed by atoms with Crippen LogP contribution in [0.15, 0.2) is 48.5 Å². The van der Waals surface area contributed by atoms with Crippen LogP contribution >= 0.6 is 0 Å². The summed E-state index contributed by atoms with van der Waals surface area (Å²) in [6.45, 7) is 3.19. The topological polar surface area (TPSA) is 60.9 Å². The molecule has 2 aliphatic heterocycles. The number of piperidine rings is 1. The Balaban J connectivity index is 1.27. The van der Waals surface area contributed by atoms with Crippen molar-refractivity contribution in [1.29, 1.82) is 0 Å². The molecular formula is C23H27F2N3O3S. The first kappa shape index (κ1) is 22.7. The van der Waals surface area contributed by atoms with Crippen LogP contribution in [0.2, 0.25) is 0 Å². The summed E-state index contributed by atoms with van der Waals surface area (Å²) in [7, 11) is -3.51. The molecule has 2 heterocycles. The number of hydrogen-bond acceptors (Lipinski definition) is 4. The molecule has 0 N–H and O–H groups in total. The van der Waals surface area contributed by atoms with Gasteiger partial charge in [-0.25, -0.2) is 21.5 Å². The third-order valence-electron chi connectivity index (χ3n) is 6.24. The van der Waals surface area contributed by atoms with E-state index in [9.17, 15) is 22.0 Å². The molecule has 0 atom stereocenters. The fourth-order valence-corrected chi connectivity index (χ4v) is 5.92. The van der Waals surface area contributed by atoms with Crippen LogP contribution in [-0.2, 0) is 20.6 Å². The van der Waals surface area contributed by atoms with Gasteiger partial charge in [-0.1, -0.05) is 12.1 Å². The van der Waals surface area contributed by atoms with Crippen LogP contribution in [0.5, 0.6) is 0 Å². The first-order valence-corrected chi connectivity index (χ1v) is 12.4. The summed E-state index contributed by atoms with van der Waals surface area (Å²) in [6.07, 6.45) is 0.999. The summed E-state index contributed by atoms with van der Waals surface area (Å²) in [5.41, 5.74) is 1.49. The van der Waals surface area contributed by atoms with E-state index >= 15 is 0 Å². The number of halogens is 2. The molecule has 2 aromatic rings. The van der Waals surface area contributed by atoms with Gasteiger partial charge < -0.3 is 9.80 Å². The van der Waals surface area contributed by atoms with Gasteiger partial charge in [0.2, 0.25) is 15.9 Å². The number of hydrogen-bond donors (Lipinski definition) is 0. The minimum Gasteiger partial charge on any atom is -0.368 e. The lowest BCUT2D eigenvalue weighted by Gasteiger charge is -2.39. The number of sulfonamides is 1. The number of anilines is 1. The van der Waals surface area contributed by atoms with Crippen LogP contribution in [0.3, 0.4) is 0 Å². The van der Waals surface area contributed by atoms with E-state index < -0.39 is 15.8 Å². The fraction of sp³-hybridized carbons (Fsp3) is 0.435. The van der Waals surface area contributed by atoms with Gasteiger partial charge >= 0.3 is 0 Å². The van der Waals surface area contributed by atoms with Gasteiger partial charge in [0.15, 0.2) is 0 Å². The zero-order valence-electron chi connectivity index (χ0n) is 17.8. The predicted octanol–water partition coefficient (Wildman–Crippen LogP) is 2.86. The van der Waals surface area contributed by atoms with E-state index in [1.54, 1.807) is 12.1 Å². The van der Waals surface area contributed by atoms with Gasteiger partial charge in [-0.2, -0.15) is 0 Å². The Hall–Kier alpha value is -2.52. The Kier molecular flexibility index (Phi) is 6.76. The zero-order chi connectivity index (χ0) is 22.7. The standard InChI is InChI=1S/C23H27F2N3O3S/c24-20-3-1-18(2-4-20)17-32(30,31)28-11-9-19(10-12-28)23(29)27-15-13-26(14-16-27)22-7-5-21(25)6-8-22/h1-8,19H,9-17H2. The predicted molar refractivity (Wildman–Crippen MR) is 119 cm³/mol. The Labute approximate surface area is 187 Å². The zero-order valence-corrected chi connectivity index (χ0v) is 18.6. The number of carbonyl (C=O) groups excluding carboxylic acids is 1. The molecule has 4 rings (SSSR count). The lowest BCUT2D eigenvalue weighted by Crippen LogP contribution is -2.52. The second-order valence-electron chi connectivity index (χ2n) is 8.34.